The molecule has 0 aliphatic carbocycles. The second-order valence-electron chi connectivity index (χ2n) is 6.53. The number of nitrogens with zero attached hydrogens (tertiary/aromatic N) is 3. The van der Waals surface area contributed by atoms with Gasteiger partial charge in [0.2, 0.25) is 0 Å². The van der Waals surface area contributed by atoms with E-state index in [9.17, 15) is 10.1 Å². The van der Waals surface area contributed by atoms with E-state index in [0.717, 1.165) is 25.9 Å². The number of amides is 1. The Bertz CT molecular complexity index is 382. The van der Waals surface area contributed by atoms with Crippen LogP contribution in [0.3, 0.4) is 0 Å². The van der Waals surface area contributed by atoms with Crippen molar-refractivity contribution in [2.75, 3.05) is 26.2 Å². The molecule has 2 fully saturated rings. The summed E-state index contributed by atoms with van der Waals surface area (Å²) in [6.07, 6.45) is 3.23. The summed E-state index contributed by atoms with van der Waals surface area (Å²) in [4.78, 5) is 15.8. The maximum absolute atomic E-state index is 11.9. The minimum absolute atomic E-state index is 0.310. The molecule has 2 aliphatic heterocycles. The minimum atomic E-state index is -0.479. The number of carbonyl (C=O) groups is 1. The van der Waals surface area contributed by atoms with E-state index in [4.69, 9.17) is 4.74 Å². The van der Waals surface area contributed by atoms with Crippen LogP contribution in [0.5, 0.6) is 0 Å². The summed E-state index contributed by atoms with van der Waals surface area (Å²) in [6.45, 7) is 8.44. The summed E-state index contributed by atoms with van der Waals surface area (Å²) < 4.78 is 5.33. The van der Waals surface area contributed by atoms with E-state index in [1.807, 2.05) is 20.8 Å². The number of hydrogen-bond acceptors (Lipinski definition) is 4. The lowest BCUT2D eigenvalue weighted by Gasteiger charge is -2.52. The number of ether oxygens (including phenoxy) is 1. The monoisotopic (exact) mass is 265 g/mol. The van der Waals surface area contributed by atoms with E-state index in [1.54, 1.807) is 4.90 Å². The zero-order valence-corrected chi connectivity index (χ0v) is 12.1. The van der Waals surface area contributed by atoms with Crippen molar-refractivity contribution in [1.29, 1.82) is 5.26 Å². The van der Waals surface area contributed by atoms with Gasteiger partial charge < -0.3 is 9.64 Å². The van der Waals surface area contributed by atoms with Gasteiger partial charge in [-0.2, -0.15) is 5.26 Å². The van der Waals surface area contributed by atoms with Crippen molar-refractivity contribution in [3.8, 4) is 6.07 Å². The van der Waals surface area contributed by atoms with Crippen molar-refractivity contribution < 1.29 is 9.53 Å². The zero-order valence-electron chi connectivity index (χ0n) is 12.1. The van der Waals surface area contributed by atoms with Crippen LogP contribution in [0, 0.1) is 11.3 Å². The Morgan fingerprint density at radius 1 is 1.21 bits per heavy atom. The standard InChI is InChI=1S/C14H23N3O2/c1-13(2,3)19-12(18)16-10-14(9-15,11-16)17-7-5-4-6-8-17/h4-8,10-11H2,1-3H3. The van der Waals surface area contributed by atoms with E-state index in [0.29, 0.717) is 13.1 Å². The summed E-state index contributed by atoms with van der Waals surface area (Å²) in [6, 6.07) is 2.41. The van der Waals surface area contributed by atoms with Gasteiger partial charge in [0, 0.05) is 0 Å². The number of piperidine rings is 1. The summed E-state index contributed by atoms with van der Waals surface area (Å²) in [5.41, 5.74) is -0.954. The van der Waals surface area contributed by atoms with Crippen molar-refractivity contribution >= 4 is 6.09 Å². The van der Waals surface area contributed by atoms with Crippen LogP contribution >= 0.6 is 0 Å². The van der Waals surface area contributed by atoms with Gasteiger partial charge in [-0.15, -0.1) is 0 Å². The molecule has 106 valence electrons. The van der Waals surface area contributed by atoms with E-state index in [-0.39, 0.29) is 6.09 Å². The molecule has 2 saturated heterocycles. The maximum Gasteiger partial charge on any atom is 0.410 e. The third kappa shape index (κ3) is 3.01. The molecule has 0 atom stereocenters. The highest BCUT2D eigenvalue weighted by Crippen LogP contribution is 2.31. The Kier molecular flexibility index (Phi) is 3.73. The van der Waals surface area contributed by atoms with Crippen molar-refractivity contribution in [2.24, 2.45) is 0 Å². The summed E-state index contributed by atoms with van der Waals surface area (Å²) in [7, 11) is 0. The van der Waals surface area contributed by atoms with Gasteiger partial charge in [0.15, 0.2) is 0 Å². The Hall–Kier alpha value is -1.28. The SMILES string of the molecule is CC(C)(C)OC(=O)N1CC(C#N)(N2CCCCC2)C1. The highest BCUT2D eigenvalue weighted by atomic mass is 16.6. The molecule has 2 rings (SSSR count). The Balaban J connectivity index is 1.92. The first-order valence-corrected chi connectivity index (χ1v) is 7.01. The predicted molar refractivity (Wildman–Crippen MR) is 71.6 cm³/mol. The molecule has 19 heavy (non-hydrogen) atoms. The zero-order chi connectivity index (χ0) is 14.1. The Labute approximate surface area is 115 Å². The highest BCUT2D eigenvalue weighted by Gasteiger charge is 2.51. The van der Waals surface area contributed by atoms with Crippen LogP contribution in [0.25, 0.3) is 0 Å². The fourth-order valence-corrected chi connectivity index (χ4v) is 2.70. The fraction of sp³-hybridized carbons (Fsp3) is 0.857. The normalized spacial score (nSPS) is 23.4. The van der Waals surface area contributed by atoms with Gasteiger partial charge in [0.1, 0.15) is 11.1 Å². The molecule has 1 amide bonds. The Morgan fingerprint density at radius 3 is 2.26 bits per heavy atom. The molecule has 0 saturated carbocycles. The molecule has 0 spiro atoms. The maximum atomic E-state index is 11.9. The molecule has 0 N–H and O–H groups in total. The highest BCUT2D eigenvalue weighted by molar-refractivity contribution is 5.70. The van der Waals surface area contributed by atoms with E-state index < -0.39 is 11.1 Å². The molecule has 0 aromatic carbocycles. The lowest BCUT2D eigenvalue weighted by Crippen LogP contribution is -2.71. The van der Waals surface area contributed by atoms with E-state index >= 15 is 0 Å². The molecule has 0 unspecified atom stereocenters. The number of carbonyl (C=O) groups excluding carboxylic acids is 1. The smallest absolute Gasteiger partial charge is 0.410 e. The second kappa shape index (κ2) is 5.01. The van der Waals surface area contributed by atoms with Crippen molar-refractivity contribution in [1.82, 2.24) is 9.80 Å². The second-order valence-corrected chi connectivity index (χ2v) is 6.53. The van der Waals surface area contributed by atoms with Crippen LogP contribution in [0.2, 0.25) is 0 Å². The quantitative estimate of drug-likeness (QED) is 0.727. The molecular formula is C14H23N3O2. The predicted octanol–water partition coefficient (Wildman–Crippen LogP) is 1.99. The van der Waals surface area contributed by atoms with Crippen LogP contribution in [0.4, 0.5) is 4.79 Å². The molecule has 0 aromatic heterocycles. The average molecular weight is 265 g/mol. The number of rotatable bonds is 1. The van der Waals surface area contributed by atoms with Gasteiger partial charge in [-0.1, -0.05) is 6.42 Å². The summed E-state index contributed by atoms with van der Waals surface area (Å²) >= 11 is 0. The van der Waals surface area contributed by atoms with Gasteiger partial charge in [-0.25, -0.2) is 4.79 Å². The van der Waals surface area contributed by atoms with Crippen LogP contribution in [-0.2, 0) is 4.74 Å². The molecule has 5 heteroatoms. The van der Waals surface area contributed by atoms with E-state index in [2.05, 4.69) is 11.0 Å². The molecule has 2 heterocycles. The fourth-order valence-electron chi connectivity index (χ4n) is 2.70. The number of nitriles is 1. The first kappa shape index (κ1) is 14.1. The van der Waals surface area contributed by atoms with Gasteiger partial charge >= 0.3 is 6.09 Å². The molecule has 0 bridgehead atoms. The van der Waals surface area contributed by atoms with Crippen molar-refractivity contribution in [3.05, 3.63) is 0 Å². The minimum Gasteiger partial charge on any atom is -0.444 e. The average Bonchev–Trinajstić information content (AvgIpc) is 2.27. The number of likely N-dealkylation sites (tertiary alicyclic amines) is 2. The van der Waals surface area contributed by atoms with Gasteiger partial charge in [0.25, 0.3) is 0 Å². The van der Waals surface area contributed by atoms with Crippen LogP contribution < -0.4 is 0 Å². The van der Waals surface area contributed by atoms with Crippen molar-refractivity contribution in [3.63, 3.8) is 0 Å². The molecule has 2 aliphatic rings. The van der Waals surface area contributed by atoms with E-state index in [1.165, 1.54) is 6.42 Å². The van der Waals surface area contributed by atoms with Crippen LogP contribution in [0.1, 0.15) is 40.0 Å². The molecule has 0 radical (unpaired) electrons. The van der Waals surface area contributed by atoms with Crippen LogP contribution in [0.15, 0.2) is 0 Å². The lowest BCUT2D eigenvalue weighted by molar-refractivity contribution is -0.0444. The van der Waals surface area contributed by atoms with Gasteiger partial charge in [-0.3, -0.25) is 4.90 Å². The Morgan fingerprint density at radius 2 is 1.79 bits per heavy atom. The molecular weight excluding hydrogens is 242 g/mol. The largest absolute Gasteiger partial charge is 0.444 e. The third-order valence-electron chi connectivity index (χ3n) is 3.73. The molecule has 5 nitrogen and oxygen atoms in total. The summed E-state index contributed by atoms with van der Waals surface area (Å²) in [5.74, 6) is 0. The van der Waals surface area contributed by atoms with Crippen LogP contribution in [-0.4, -0.2) is 53.2 Å². The summed E-state index contributed by atoms with van der Waals surface area (Å²) in [5, 5.41) is 9.45. The third-order valence-corrected chi connectivity index (χ3v) is 3.73. The lowest BCUT2D eigenvalue weighted by atomic mass is 9.88. The number of hydrogen-bond donors (Lipinski definition) is 0. The van der Waals surface area contributed by atoms with Gasteiger partial charge in [-0.05, 0) is 46.7 Å². The van der Waals surface area contributed by atoms with Crippen molar-refractivity contribution in [2.45, 2.75) is 51.2 Å². The molecule has 0 aromatic rings. The first-order valence-electron chi connectivity index (χ1n) is 7.01. The first-order chi connectivity index (χ1) is 8.86. The topological polar surface area (TPSA) is 56.6 Å². The van der Waals surface area contributed by atoms with Gasteiger partial charge in [0.05, 0.1) is 19.2 Å².